The smallest absolute Gasteiger partial charge is 0.305 e. The zero-order valence-electron chi connectivity index (χ0n) is 12.2. The molecule has 0 bridgehead atoms. The zero-order valence-corrected chi connectivity index (χ0v) is 12.2. The number of carboxylic acids is 1. The van der Waals surface area contributed by atoms with Crippen LogP contribution in [0.5, 0.6) is 0 Å². The van der Waals surface area contributed by atoms with Gasteiger partial charge in [0.2, 0.25) is 0 Å². The fraction of sp³-hybridized carbons (Fsp3) is 0.375. The third-order valence-electron chi connectivity index (χ3n) is 2.99. The number of aryl methyl sites for hydroxylation is 1. The molecule has 0 aliphatic heterocycles. The number of nitrogens with zero attached hydrogens (tertiary/aromatic N) is 1. The number of hydrogen-bond acceptors (Lipinski definition) is 2. The predicted octanol–water partition coefficient (Wildman–Crippen LogP) is 3.16. The number of carbonyl (C=O) groups excluding carboxylic acids is 1. The molecule has 108 valence electrons. The molecular weight excluding hydrogens is 254 g/mol. The van der Waals surface area contributed by atoms with Crippen molar-refractivity contribution in [3.05, 3.63) is 41.5 Å². The van der Waals surface area contributed by atoms with Gasteiger partial charge in [0.15, 0.2) is 0 Å². The van der Waals surface area contributed by atoms with Crippen molar-refractivity contribution >= 4 is 17.6 Å². The lowest BCUT2D eigenvalue weighted by atomic mass is 10.1. The number of aliphatic carboxylic acids is 1. The summed E-state index contributed by atoms with van der Waals surface area (Å²) in [5.41, 5.74) is 2.46. The minimum Gasteiger partial charge on any atom is -0.481 e. The lowest BCUT2D eigenvalue weighted by Crippen LogP contribution is -2.33. The van der Waals surface area contributed by atoms with Crippen molar-refractivity contribution in [3.63, 3.8) is 0 Å². The highest BCUT2D eigenvalue weighted by molar-refractivity contribution is 6.05. The SMILES string of the molecule is CC/C=C(\C)C(=O)N(CCC(=O)O)c1ccc(C)cc1. The van der Waals surface area contributed by atoms with E-state index in [1.165, 1.54) is 4.90 Å². The summed E-state index contributed by atoms with van der Waals surface area (Å²) in [7, 11) is 0. The fourth-order valence-electron chi connectivity index (χ4n) is 1.89. The number of carboxylic acid groups (broad SMARTS) is 1. The predicted molar refractivity (Wildman–Crippen MR) is 79.8 cm³/mol. The summed E-state index contributed by atoms with van der Waals surface area (Å²) in [5.74, 6) is -1.05. The highest BCUT2D eigenvalue weighted by atomic mass is 16.4. The van der Waals surface area contributed by atoms with Gasteiger partial charge < -0.3 is 10.0 Å². The summed E-state index contributed by atoms with van der Waals surface area (Å²) in [5, 5.41) is 8.82. The van der Waals surface area contributed by atoms with Gasteiger partial charge >= 0.3 is 5.97 Å². The van der Waals surface area contributed by atoms with Gasteiger partial charge in [0, 0.05) is 17.8 Å². The molecule has 0 fully saturated rings. The first kappa shape index (κ1) is 16.0. The van der Waals surface area contributed by atoms with E-state index in [9.17, 15) is 9.59 Å². The molecule has 0 aliphatic carbocycles. The van der Waals surface area contributed by atoms with Crippen molar-refractivity contribution in [1.29, 1.82) is 0 Å². The van der Waals surface area contributed by atoms with Gasteiger partial charge in [0.25, 0.3) is 5.91 Å². The Kier molecular flexibility index (Phi) is 5.97. The molecule has 0 spiro atoms. The van der Waals surface area contributed by atoms with Crippen molar-refractivity contribution in [2.24, 2.45) is 0 Å². The Balaban J connectivity index is 3.01. The van der Waals surface area contributed by atoms with Gasteiger partial charge in [0.1, 0.15) is 0 Å². The Bertz CT molecular complexity index is 503. The van der Waals surface area contributed by atoms with Crippen LogP contribution in [0, 0.1) is 6.92 Å². The van der Waals surface area contributed by atoms with Crippen LogP contribution in [0.25, 0.3) is 0 Å². The van der Waals surface area contributed by atoms with E-state index in [0.717, 1.165) is 17.7 Å². The van der Waals surface area contributed by atoms with Gasteiger partial charge in [-0.3, -0.25) is 9.59 Å². The van der Waals surface area contributed by atoms with Gasteiger partial charge in [-0.1, -0.05) is 30.7 Å². The Labute approximate surface area is 119 Å². The summed E-state index contributed by atoms with van der Waals surface area (Å²) >= 11 is 0. The van der Waals surface area contributed by atoms with Crippen LogP contribution in [-0.2, 0) is 9.59 Å². The van der Waals surface area contributed by atoms with Crippen LogP contribution >= 0.6 is 0 Å². The largest absolute Gasteiger partial charge is 0.481 e. The van der Waals surface area contributed by atoms with E-state index in [2.05, 4.69) is 0 Å². The Morgan fingerprint density at radius 1 is 1.25 bits per heavy atom. The van der Waals surface area contributed by atoms with Gasteiger partial charge in [-0.15, -0.1) is 0 Å². The summed E-state index contributed by atoms with van der Waals surface area (Å²) < 4.78 is 0. The molecule has 1 aromatic carbocycles. The van der Waals surface area contributed by atoms with Crippen molar-refractivity contribution in [3.8, 4) is 0 Å². The molecule has 0 radical (unpaired) electrons. The van der Waals surface area contributed by atoms with E-state index in [0.29, 0.717) is 5.57 Å². The molecule has 1 rings (SSSR count). The van der Waals surface area contributed by atoms with Gasteiger partial charge in [-0.05, 0) is 32.4 Å². The molecule has 0 aromatic heterocycles. The van der Waals surface area contributed by atoms with Crippen LogP contribution in [0.1, 0.15) is 32.3 Å². The molecule has 0 unspecified atom stereocenters. The summed E-state index contributed by atoms with van der Waals surface area (Å²) in [6.45, 7) is 5.86. The number of anilines is 1. The Morgan fingerprint density at radius 2 is 1.85 bits per heavy atom. The second kappa shape index (κ2) is 7.48. The van der Waals surface area contributed by atoms with E-state index >= 15 is 0 Å². The lowest BCUT2D eigenvalue weighted by Gasteiger charge is -2.22. The molecule has 20 heavy (non-hydrogen) atoms. The highest BCUT2D eigenvalue weighted by Gasteiger charge is 2.18. The first-order chi connectivity index (χ1) is 9.45. The third kappa shape index (κ3) is 4.53. The van der Waals surface area contributed by atoms with Crippen LogP contribution in [-0.4, -0.2) is 23.5 Å². The lowest BCUT2D eigenvalue weighted by molar-refractivity contribution is -0.136. The molecule has 1 aromatic rings. The Morgan fingerprint density at radius 3 is 2.35 bits per heavy atom. The maximum atomic E-state index is 12.4. The normalized spacial score (nSPS) is 11.2. The number of benzene rings is 1. The van der Waals surface area contributed by atoms with E-state index < -0.39 is 5.97 Å². The van der Waals surface area contributed by atoms with Crippen LogP contribution in [0.2, 0.25) is 0 Å². The molecule has 0 saturated heterocycles. The number of rotatable bonds is 6. The summed E-state index contributed by atoms with van der Waals surface area (Å²) in [6, 6.07) is 7.51. The first-order valence-electron chi connectivity index (χ1n) is 6.72. The third-order valence-corrected chi connectivity index (χ3v) is 2.99. The van der Waals surface area contributed by atoms with Crippen LogP contribution in [0.4, 0.5) is 5.69 Å². The quantitative estimate of drug-likeness (QED) is 0.811. The zero-order chi connectivity index (χ0) is 15.1. The first-order valence-corrected chi connectivity index (χ1v) is 6.72. The molecule has 4 heteroatoms. The van der Waals surface area contributed by atoms with Crippen LogP contribution in [0.3, 0.4) is 0 Å². The Hall–Kier alpha value is -2.10. The number of allylic oxidation sites excluding steroid dienone is 1. The molecule has 0 aliphatic rings. The second-order valence-electron chi connectivity index (χ2n) is 4.73. The van der Waals surface area contributed by atoms with Crippen molar-refractivity contribution in [1.82, 2.24) is 0 Å². The van der Waals surface area contributed by atoms with Crippen LogP contribution in [0.15, 0.2) is 35.9 Å². The molecule has 1 amide bonds. The van der Waals surface area contributed by atoms with E-state index in [1.807, 2.05) is 44.2 Å². The number of amides is 1. The maximum Gasteiger partial charge on any atom is 0.305 e. The average molecular weight is 275 g/mol. The van der Waals surface area contributed by atoms with Crippen molar-refractivity contribution in [2.45, 2.75) is 33.6 Å². The van der Waals surface area contributed by atoms with E-state index in [1.54, 1.807) is 6.92 Å². The minimum absolute atomic E-state index is 0.0704. The molecular formula is C16H21NO3. The van der Waals surface area contributed by atoms with Crippen molar-refractivity contribution in [2.75, 3.05) is 11.4 Å². The molecule has 1 N–H and O–H groups in total. The van der Waals surface area contributed by atoms with Gasteiger partial charge in [0.05, 0.1) is 6.42 Å². The topological polar surface area (TPSA) is 57.6 Å². The average Bonchev–Trinajstić information content (AvgIpc) is 2.40. The maximum absolute atomic E-state index is 12.4. The minimum atomic E-state index is -0.910. The van der Waals surface area contributed by atoms with Gasteiger partial charge in [-0.25, -0.2) is 0 Å². The molecule has 0 heterocycles. The summed E-state index contributed by atoms with van der Waals surface area (Å²) in [4.78, 5) is 24.7. The standard InChI is InChI=1S/C16H21NO3/c1-4-5-13(3)16(20)17(11-10-15(18)19)14-8-6-12(2)7-9-14/h5-9H,4,10-11H2,1-3H3,(H,18,19)/b13-5+. The van der Waals surface area contributed by atoms with E-state index in [-0.39, 0.29) is 18.9 Å². The second-order valence-corrected chi connectivity index (χ2v) is 4.73. The number of carbonyl (C=O) groups is 2. The highest BCUT2D eigenvalue weighted by Crippen LogP contribution is 2.18. The molecule has 0 saturated carbocycles. The van der Waals surface area contributed by atoms with Gasteiger partial charge in [-0.2, -0.15) is 0 Å². The summed E-state index contributed by atoms with van der Waals surface area (Å²) in [6.07, 6.45) is 2.56. The monoisotopic (exact) mass is 275 g/mol. The van der Waals surface area contributed by atoms with E-state index in [4.69, 9.17) is 5.11 Å². The molecule has 4 nitrogen and oxygen atoms in total. The number of hydrogen-bond donors (Lipinski definition) is 1. The van der Waals surface area contributed by atoms with Crippen LogP contribution < -0.4 is 4.90 Å². The fourth-order valence-corrected chi connectivity index (χ4v) is 1.89. The van der Waals surface area contributed by atoms with Crippen molar-refractivity contribution < 1.29 is 14.7 Å². The molecule has 0 atom stereocenters.